The largest absolute Gasteiger partial charge is 0.346 e. The molecule has 4 rings (SSSR count). The zero-order valence-corrected chi connectivity index (χ0v) is 13.7. The second kappa shape index (κ2) is 5.65. The number of hydrogen-bond acceptors (Lipinski definition) is 2. The van der Waals surface area contributed by atoms with Gasteiger partial charge in [0.25, 0.3) is 0 Å². The molecule has 0 saturated heterocycles. The van der Waals surface area contributed by atoms with E-state index in [4.69, 9.17) is 11.6 Å². The summed E-state index contributed by atoms with van der Waals surface area (Å²) in [7, 11) is 0. The molecule has 0 aliphatic rings. The van der Waals surface area contributed by atoms with Gasteiger partial charge in [-0.1, -0.05) is 23.7 Å². The molecule has 2 N–H and O–H groups in total. The topological polar surface area (TPSA) is 61.5 Å². The van der Waals surface area contributed by atoms with Crippen LogP contribution in [0.3, 0.4) is 0 Å². The van der Waals surface area contributed by atoms with E-state index in [1.807, 2.05) is 49.5 Å². The summed E-state index contributed by atoms with van der Waals surface area (Å²) in [4.78, 5) is 22.5. The Morgan fingerprint density at radius 3 is 2.83 bits per heavy atom. The monoisotopic (exact) mass is 335 g/mol. The van der Waals surface area contributed by atoms with Crippen LogP contribution in [0.15, 0.2) is 59.7 Å². The van der Waals surface area contributed by atoms with Gasteiger partial charge in [-0.3, -0.25) is 4.79 Å². The number of pyridine rings is 2. The normalized spacial score (nSPS) is 11.1. The fourth-order valence-corrected chi connectivity index (χ4v) is 3.11. The highest BCUT2D eigenvalue weighted by atomic mass is 35.5. The highest BCUT2D eigenvalue weighted by Crippen LogP contribution is 2.31. The lowest BCUT2D eigenvalue weighted by atomic mass is 10.0. The molecule has 0 unspecified atom stereocenters. The highest BCUT2D eigenvalue weighted by molar-refractivity contribution is 6.31. The van der Waals surface area contributed by atoms with Gasteiger partial charge < -0.3 is 9.97 Å². The predicted octanol–water partition coefficient (Wildman–Crippen LogP) is 4.55. The Bertz CT molecular complexity index is 1110. The van der Waals surface area contributed by atoms with E-state index in [9.17, 15) is 4.79 Å². The summed E-state index contributed by atoms with van der Waals surface area (Å²) in [5.74, 6) is 0. The lowest BCUT2D eigenvalue weighted by Crippen LogP contribution is -2.06. The third kappa shape index (κ3) is 2.41. The third-order valence-electron chi connectivity index (χ3n) is 4.16. The molecule has 4 nitrogen and oxygen atoms in total. The summed E-state index contributed by atoms with van der Waals surface area (Å²) in [6.45, 7) is 1.94. The van der Waals surface area contributed by atoms with Crippen molar-refractivity contribution in [2.75, 3.05) is 0 Å². The van der Waals surface area contributed by atoms with Crippen molar-refractivity contribution in [2.45, 2.75) is 6.92 Å². The first-order chi connectivity index (χ1) is 11.6. The number of benzene rings is 1. The predicted molar refractivity (Wildman–Crippen MR) is 97.3 cm³/mol. The second-order valence-electron chi connectivity index (χ2n) is 5.66. The number of rotatable bonds is 2. The van der Waals surface area contributed by atoms with Crippen LogP contribution in [-0.2, 0) is 0 Å². The van der Waals surface area contributed by atoms with Gasteiger partial charge in [-0.05, 0) is 42.3 Å². The van der Waals surface area contributed by atoms with Crippen LogP contribution in [-0.4, -0.2) is 15.0 Å². The van der Waals surface area contributed by atoms with E-state index in [1.54, 1.807) is 12.3 Å². The number of fused-ring (bicyclic) bond motifs is 1. The van der Waals surface area contributed by atoms with Crippen LogP contribution < -0.4 is 5.56 Å². The van der Waals surface area contributed by atoms with Crippen molar-refractivity contribution in [3.8, 4) is 22.4 Å². The smallest absolute Gasteiger partial charge is 0.249 e. The molecule has 0 aliphatic carbocycles. The summed E-state index contributed by atoms with van der Waals surface area (Å²) in [5, 5.41) is 1.66. The molecule has 118 valence electrons. The van der Waals surface area contributed by atoms with Crippen molar-refractivity contribution in [3.05, 3.63) is 75.8 Å². The molecule has 4 aromatic rings. The fourth-order valence-electron chi connectivity index (χ4n) is 2.94. The summed E-state index contributed by atoms with van der Waals surface area (Å²) in [6.07, 6.45) is 3.61. The molecule has 0 spiro atoms. The van der Waals surface area contributed by atoms with Gasteiger partial charge >= 0.3 is 0 Å². The Balaban J connectivity index is 1.94. The van der Waals surface area contributed by atoms with Gasteiger partial charge in [0.05, 0.1) is 0 Å². The second-order valence-corrected chi connectivity index (χ2v) is 6.07. The Labute approximate surface area is 143 Å². The standard InChI is InChI=1S/C19H14ClN3O/c1-11-13(4-2-6-16(11)20)17-8-12(9-18(24)23-17)15-10-22-19-14(15)5-3-7-21-19/h2-10H,1H3,(H,21,22)(H,23,24). The molecular weight excluding hydrogens is 322 g/mol. The first-order valence-electron chi connectivity index (χ1n) is 7.56. The van der Waals surface area contributed by atoms with Crippen molar-refractivity contribution >= 4 is 22.6 Å². The minimum absolute atomic E-state index is 0.153. The molecule has 5 heteroatoms. The van der Waals surface area contributed by atoms with Gasteiger partial charge in [-0.2, -0.15) is 0 Å². The van der Waals surface area contributed by atoms with E-state index in [0.717, 1.165) is 39.0 Å². The van der Waals surface area contributed by atoms with Crippen molar-refractivity contribution in [1.82, 2.24) is 15.0 Å². The average molecular weight is 336 g/mol. The minimum atomic E-state index is -0.153. The first-order valence-corrected chi connectivity index (χ1v) is 7.93. The van der Waals surface area contributed by atoms with E-state index >= 15 is 0 Å². The lowest BCUT2D eigenvalue weighted by molar-refractivity contribution is 1.23. The fraction of sp³-hybridized carbons (Fsp3) is 0.0526. The lowest BCUT2D eigenvalue weighted by Gasteiger charge is -2.09. The molecule has 0 atom stereocenters. The Morgan fingerprint density at radius 2 is 1.96 bits per heavy atom. The van der Waals surface area contributed by atoms with Gasteiger partial charge in [-0.25, -0.2) is 4.98 Å². The zero-order valence-electron chi connectivity index (χ0n) is 12.9. The molecule has 0 fully saturated rings. The first kappa shape index (κ1) is 14.7. The zero-order chi connectivity index (χ0) is 16.7. The van der Waals surface area contributed by atoms with Crippen LogP contribution in [0, 0.1) is 6.92 Å². The van der Waals surface area contributed by atoms with Crippen molar-refractivity contribution in [2.24, 2.45) is 0 Å². The molecule has 3 aromatic heterocycles. The minimum Gasteiger partial charge on any atom is -0.346 e. The number of H-pyrrole nitrogens is 2. The van der Waals surface area contributed by atoms with E-state index in [2.05, 4.69) is 15.0 Å². The van der Waals surface area contributed by atoms with Crippen molar-refractivity contribution < 1.29 is 0 Å². The van der Waals surface area contributed by atoms with Crippen LogP contribution >= 0.6 is 11.6 Å². The molecular formula is C19H14ClN3O. The van der Waals surface area contributed by atoms with Gasteiger partial charge in [0.2, 0.25) is 5.56 Å². The van der Waals surface area contributed by atoms with Gasteiger partial charge in [0.1, 0.15) is 5.65 Å². The molecule has 3 heterocycles. The molecule has 0 bridgehead atoms. The summed E-state index contributed by atoms with van der Waals surface area (Å²) < 4.78 is 0. The molecule has 24 heavy (non-hydrogen) atoms. The number of nitrogens with zero attached hydrogens (tertiary/aromatic N) is 1. The number of aromatic nitrogens is 3. The van der Waals surface area contributed by atoms with E-state index in [1.165, 1.54) is 0 Å². The Kier molecular flexibility index (Phi) is 3.47. The number of nitrogens with one attached hydrogen (secondary N) is 2. The van der Waals surface area contributed by atoms with Gasteiger partial charge in [-0.15, -0.1) is 0 Å². The maximum absolute atomic E-state index is 12.2. The summed E-state index contributed by atoms with van der Waals surface area (Å²) in [6, 6.07) is 13.1. The van der Waals surface area contributed by atoms with Crippen LogP contribution in [0.2, 0.25) is 5.02 Å². The molecule has 0 radical (unpaired) electrons. The van der Waals surface area contributed by atoms with Crippen molar-refractivity contribution in [3.63, 3.8) is 0 Å². The molecule has 0 aliphatic heterocycles. The quantitative estimate of drug-likeness (QED) is 0.564. The molecule has 1 aromatic carbocycles. The van der Waals surface area contributed by atoms with Crippen molar-refractivity contribution in [1.29, 1.82) is 0 Å². The molecule has 0 saturated carbocycles. The summed E-state index contributed by atoms with van der Waals surface area (Å²) in [5.41, 5.74) is 5.04. The number of halogens is 1. The van der Waals surface area contributed by atoms with Crippen LogP contribution in [0.5, 0.6) is 0 Å². The maximum atomic E-state index is 12.2. The highest BCUT2D eigenvalue weighted by Gasteiger charge is 2.11. The SMILES string of the molecule is Cc1c(Cl)cccc1-c1cc(-c2c[nH]c3ncccc23)cc(=O)[nH]1. The number of aromatic amines is 2. The van der Waals surface area contributed by atoms with Crippen LogP contribution in [0.4, 0.5) is 0 Å². The summed E-state index contributed by atoms with van der Waals surface area (Å²) >= 11 is 6.22. The van der Waals surface area contributed by atoms with E-state index < -0.39 is 0 Å². The van der Waals surface area contributed by atoms with Crippen LogP contribution in [0.25, 0.3) is 33.4 Å². The van der Waals surface area contributed by atoms with E-state index in [0.29, 0.717) is 5.02 Å². The number of hydrogen-bond donors (Lipinski definition) is 2. The molecule has 0 amide bonds. The Hall–Kier alpha value is -2.85. The van der Waals surface area contributed by atoms with Gasteiger partial charge in [0.15, 0.2) is 0 Å². The third-order valence-corrected chi connectivity index (χ3v) is 4.57. The average Bonchev–Trinajstić information content (AvgIpc) is 3.01. The maximum Gasteiger partial charge on any atom is 0.249 e. The van der Waals surface area contributed by atoms with E-state index in [-0.39, 0.29) is 5.56 Å². The Morgan fingerprint density at radius 1 is 1.08 bits per heavy atom. The van der Waals surface area contributed by atoms with Gasteiger partial charge in [0, 0.05) is 45.7 Å². The van der Waals surface area contributed by atoms with Crippen LogP contribution in [0.1, 0.15) is 5.56 Å².